The Hall–Kier alpha value is -1.66. The lowest BCUT2D eigenvalue weighted by atomic mass is 10.1. The van der Waals surface area contributed by atoms with E-state index in [2.05, 4.69) is 5.32 Å². The second kappa shape index (κ2) is 7.94. The van der Waals surface area contributed by atoms with Crippen LogP contribution in [0.25, 0.3) is 0 Å². The van der Waals surface area contributed by atoms with E-state index in [1.807, 2.05) is 17.5 Å². The zero-order chi connectivity index (χ0) is 16.9. The summed E-state index contributed by atoms with van der Waals surface area (Å²) in [4.78, 5) is 27.0. The fourth-order valence-corrected chi connectivity index (χ4v) is 4.99. The zero-order valence-corrected chi connectivity index (χ0v) is 15.4. The fraction of sp³-hybridized carbons (Fsp3) is 0.444. The van der Waals surface area contributed by atoms with Gasteiger partial charge in [-0.3, -0.25) is 4.79 Å². The average Bonchev–Trinajstić information content (AvgIpc) is 3.10. The van der Waals surface area contributed by atoms with Crippen LogP contribution in [-0.4, -0.2) is 18.5 Å². The monoisotopic (exact) mass is 363 g/mol. The summed E-state index contributed by atoms with van der Waals surface area (Å²) in [5.74, 6) is -0.400. The summed E-state index contributed by atoms with van der Waals surface area (Å²) in [6.07, 6.45) is 5.61. The smallest absolute Gasteiger partial charge is 0.341 e. The molecule has 2 heterocycles. The molecule has 0 spiro atoms. The molecule has 0 saturated heterocycles. The first-order chi connectivity index (χ1) is 11.7. The van der Waals surface area contributed by atoms with Crippen LogP contribution in [0.5, 0.6) is 0 Å². The number of carbonyl (C=O) groups excluding carboxylic acids is 2. The van der Waals surface area contributed by atoms with Gasteiger partial charge in [-0.05, 0) is 49.6 Å². The summed E-state index contributed by atoms with van der Waals surface area (Å²) in [7, 11) is 0. The highest BCUT2D eigenvalue weighted by atomic mass is 32.1. The number of rotatable bonds is 5. The number of esters is 1. The van der Waals surface area contributed by atoms with Crippen LogP contribution in [0, 0.1) is 0 Å². The van der Waals surface area contributed by atoms with Gasteiger partial charge in [-0.1, -0.05) is 12.5 Å². The molecule has 0 aromatic carbocycles. The minimum absolute atomic E-state index is 0.0839. The van der Waals surface area contributed by atoms with Crippen LogP contribution in [0.3, 0.4) is 0 Å². The predicted molar refractivity (Wildman–Crippen MR) is 98.2 cm³/mol. The molecule has 1 N–H and O–H groups in total. The van der Waals surface area contributed by atoms with Gasteiger partial charge in [-0.15, -0.1) is 22.7 Å². The molecule has 0 radical (unpaired) electrons. The van der Waals surface area contributed by atoms with Crippen LogP contribution in [0.1, 0.15) is 51.9 Å². The molecule has 2 aromatic rings. The fourth-order valence-electron chi connectivity index (χ4n) is 2.99. The minimum atomic E-state index is -0.316. The number of fused-ring (bicyclic) bond motifs is 1. The molecule has 2 aromatic heterocycles. The molecule has 4 nitrogen and oxygen atoms in total. The molecule has 0 bridgehead atoms. The minimum Gasteiger partial charge on any atom is -0.462 e. The maximum atomic E-state index is 12.4. The molecule has 0 fully saturated rings. The highest BCUT2D eigenvalue weighted by molar-refractivity contribution is 7.17. The number of carbonyl (C=O) groups is 2. The number of hydrogen-bond donors (Lipinski definition) is 1. The Morgan fingerprint density at radius 1 is 1.25 bits per heavy atom. The summed E-state index contributed by atoms with van der Waals surface area (Å²) in [6, 6.07) is 3.88. The third-order valence-corrected chi connectivity index (χ3v) is 6.15. The first-order valence-corrected chi connectivity index (χ1v) is 10.0. The van der Waals surface area contributed by atoms with Gasteiger partial charge >= 0.3 is 5.97 Å². The SMILES string of the molecule is CCOC(=O)c1c(NC(=O)Cc2cccs2)sc2c1CCCCC2. The van der Waals surface area contributed by atoms with Crippen molar-refractivity contribution in [3.05, 3.63) is 38.4 Å². The quantitative estimate of drug-likeness (QED) is 0.631. The molecule has 3 rings (SSSR count). The third-order valence-electron chi connectivity index (χ3n) is 4.07. The van der Waals surface area contributed by atoms with Crippen molar-refractivity contribution in [2.45, 2.75) is 45.4 Å². The van der Waals surface area contributed by atoms with Crippen molar-refractivity contribution >= 4 is 39.6 Å². The largest absolute Gasteiger partial charge is 0.462 e. The average molecular weight is 364 g/mol. The predicted octanol–water partition coefficient (Wildman–Crippen LogP) is 4.44. The third kappa shape index (κ3) is 3.87. The van der Waals surface area contributed by atoms with Crippen molar-refractivity contribution in [2.75, 3.05) is 11.9 Å². The number of nitrogens with one attached hydrogen (secondary N) is 1. The van der Waals surface area contributed by atoms with Crippen molar-refractivity contribution in [3.8, 4) is 0 Å². The van der Waals surface area contributed by atoms with Gasteiger partial charge in [-0.2, -0.15) is 0 Å². The Bertz CT molecular complexity index is 719. The van der Waals surface area contributed by atoms with E-state index < -0.39 is 0 Å². The van der Waals surface area contributed by atoms with E-state index in [1.54, 1.807) is 29.6 Å². The van der Waals surface area contributed by atoms with Crippen LogP contribution >= 0.6 is 22.7 Å². The number of amides is 1. The van der Waals surface area contributed by atoms with Crippen LogP contribution in [0.4, 0.5) is 5.00 Å². The zero-order valence-electron chi connectivity index (χ0n) is 13.7. The Kier molecular flexibility index (Phi) is 5.68. The molecular formula is C18H21NO3S2. The maximum absolute atomic E-state index is 12.4. The molecule has 1 amide bonds. The van der Waals surface area contributed by atoms with E-state index in [4.69, 9.17) is 4.74 Å². The Morgan fingerprint density at radius 3 is 2.83 bits per heavy atom. The van der Waals surface area contributed by atoms with Gasteiger partial charge in [0.2, 0.25) is 5.91 Å². The first kappa shape index (κ1) is 17.2. The Labute approximate surface area is 149 Å². The van der Waals surface area contributed by atoms with Gasteiger partial charge in [0.15, 0.2) is 0 Å². The molecule has 1 aliphatic rings. The van der Waals surface area contributed by atoms with Gasteiger partial charge in [0.25, 0.3) is 0 Å². The molecule has 1 aliphatic carbocycles. The molecule has 0 unspecified atom stereocenters. The maximum Gasteiger partial charge on any atom is 0.341 e. The van der Waals surface area contributed by atoms with Gasteiger partial charge in [0.05, 0.1) is 18.6 Å². The van der Waals surface area contributed by atoms with Crippen molar-refractivity contribution in [1.29, 1.82) is 0 Å². The summed E-state index contributed by atoms with van der Waals surface area (Å²) >= 11 is 3.10. The lowest BCUT2D eigenvalue weighted by Gasteiger charge is -2.08. The molecule has 0 aliphatic heterocycles. The van der Waals surface area contributed by atoms with Crippen LogP contribution < -0.4 is 5.32 Å². The lowest BCUT2D eigenvalue weighted by Crippen LogP contribution is -2.16. The number of hydrogen-bond acceptors (Lipinski definition) is 5. The summed E-state index contributed by atoms with van der Waals surface area (Å²) < 4.78 is 5.24. The van der Waals surface area contributed by atoms with Gasteiger partial charge in [0, 0.05) is 9.75 Å². The number of aryl methyl sites for hydroxylation is 1. The lowest BCUT2D eigenvalue weighted by molar-refractivity contribution is -0.115. The molecule has 24 heavy (non-hydrogen) atoms. The van der Waals surface area contributed by atoms with Crippen LogP contribution in [0.15, 0.2) is 17.5 Å². The van der Waals surface area contributed by atoms with E-state index in [0.717, 1.165) is 36.1 Å². The summed E-state index contributed by atoms with van der Waals surface area (Å²) in [6.45, 7) is 2.14. The second-order valence-corrected chi connectivity index (χ2v) is 7.93. The Morgan fingerprint density at radius 2 is 2.08 bits per heavy atom. The van der Waals surface area contributed by atoms with Crippen LogP contribution in [0.2, 0.25) is 0 Å². The molecule has 0 saturated carbocycles. The summed E-state index contributed by atoms with van der Waals surface area (Å²) in [5.41, 5.74) is 1.67. The van der Waals surface area contributed by atoms with Gasteiger partial charge < -0.3 is 10.1 Å². The number of thiophene rings is 2. The van der Waals surface area contributed by atoms with E-state index >= 15 is 0 Å². The normalized spacial score (nSPS) is 13.9. The topological polar surface area (TPSA) is 55.4 Å². The van der Waals surface area contributed by atoms with Crippen molar-refractivity contribution < 1.29 is 14.3 Å². The second-order valence-electron chi connectivity index (χ2n) is 5.79. The molecular weight excluding hydrogens is 342 g/mol. The van der Waals surface area contributed by atoms with E-state index in [1.165, 1.54) is 11.3 Å². The first-order valence-electron chi connectivity index (χ1n) is 8.33. The number of ether oxygens (including phenoxy) is 1. The van der Waals surface area contributed by atoms with Gasteiger partial charge in [0.1, 0.15) is 5.00 Å². The van der Waals surface area contributed by atoms with Crippen molar-refractivity contribution in [1.82, 2.24) is 0 Å². The van der Waals surface area contributed by atoms with Gasteiger partial charge in [-0.25, -0.2) is 4.79 Å². The molecule has 128 valence electrons. The summed E-state index contributed by atoms with van der Waals surface area (Å²) in [5, 5.41) is 5.56. The number of anilines is 1. The standard InChI is InChI=1S/C18H21NO3S2/c1-2-22-18(21)16-13-8-4-3-5-9-14(13)24-17(16)19-15(20)11-12-7-6-10-23-12/h6-7,10H,2-5,8-9,11H2,1H3,(H,19,20). The van der Waals surface area contributed by atoms with Crippen molar-refractivity contribution in [2.24, 2.45) is 0 Å². The van der Waals surface area contributed by atoms with E-state index in [9.17, 15) is 9.59 Å². The molecule has 0 atom stereocenters. The van der Waals surface area contributed by atoms with E-state index in [0.29, 0.717) is 23.6 Å². The van der Waals surface area contributed by atoms with Crippen LogP contribution in [-0.2, 0) is 28.8 Å². The highest BCUT2D eigenvalue weighted by Gasteiger charge is 2.26. The molecule has 6 heteroatoms. The van der Waals surface area contributed by atoms with Crippen molar-refractivity contribution in [3.63, 3.8) is 0 Å². The Balaban J connectivity index is 1.85. The van der Waals surface area contributed by atoms with E-state index in [-0.39, 0.29) is 11.9 Å². The highest BCUT2D eigenvalue weighted by Crippen LogP contribution is 2.38.